The number of thioether (sulfide) groups is 1. The number of thiazole rings is 1. The Kier molecular flexibility index (Phi) is 6.26. The summed E-state index contributed by atoms with van der Waals surface area (Å²) in [6, 6.07) is 16.9. The maximum absolute atomic E-state index is 13.8. The summed E-state index contributed by atoms with van der Waals surface area (Å²) in [5.41, 5.74) is 2.46. The van der Waals surface area contributed by atoms with Gasteiger partial charge in [0, 0.05) is 23.9 Å². The number of hydrogen-bond donors (Lipinski definition) is 0. The van der Waals surface area contributed by atoms with Gasteiger partial charge in [-0.3, -0.25) is 23.7 Å². The summed E-state index contributed by atoms with van der Waals surface area (Å²) >= 11 is 2.31. The first kappa shape index (κ1) is 24.1. The maximum atomic E-state index is 13.8. The van der Waals surface area contributed by atoms with E-state index in [1.54, 1.807) is 17.0 Å². The molecule has 2 aromatic carbocycles. The number of morpholine rings is 1. The lowest BCUT2D eigenvalue weighted by atomic mass is 9.83. The molecule has 3 aromatic rings. The Morgan fingerprint density at radius 1 is 0.973 bits per heavy atom. The number of carbonyl (C=O) groups excluding carboxylic acids is 3. The Balaban J connectivity index is 1.42. The Labute approximate surface area is 221 Å². The Hall–Kier alpha value is -3.21. The number of rotatable bonds is 4. The average molecular weight is 536 g/mol. The first-order chi connectivity index (χ1) is 17.9. The zero-order valence-corrected chi connectivity index (χ0v) is 21.8. The van der Waals surface area contributed by atoms with Crippen LogP contribution < -0.4 is 9.77 Å². The van der Waals surface area contributed by atoms with E-state index in [2.05, 4.69) is 0 Å². The molecule has 6 rings (SSSR count). The van der Waals surface area contributed by atoms with Gasteiger partial charge in [-0.2, -0.15) is 0 Å². The molecule has 3 aliphatic heterocycles. The van der Waals surface area contributed by atoms with Crippen LogP contribution in [0.25, 0.3) is 0 Å². The Morgan fingerprint density at radius 2 is 1.68 bits per heavy atom. The fraction of sp³-hybridized carbons (Fsp3) is 0.333. The zero-order valence-electron chi connectivity index (χ0n) is 20.2. The van der Waals surface area contributed by atoms with E-state index in [1.165, 1.54) is 21.2 Å². The van der Waals surface area contributed by atoms with Crippen molar-refractivity contribution in [3.05, 3.63) is 80.3 Å². The van der Waals surface area contributed by atoms with E-state index in [4.69, 9.17) is 4.74 Å². The molecule has 2 saturated heterocycles. The monoisotopic (exact) mass is 535 g/mol. The fourth-order valence-electron chi connectivity index (χ4n) is 5.27. The highest BCUT2D eigenvalue weighted by Crippen LogP contribution is 2.53. The molecule has 0 radical (unpaired) electrons. The van der Waals surface area contributed by atoms with E-state index in [9.17, 15) is 19.2 Å². The number of aryl methyl sites for hydroxylation is 1. The van der Waals surface area contributed by atoms with Crippen LogP contribution in [0.5, 0.6) is 0 Å². The predicted octanol–water partition coefficient (Wildman–Crippen LogP) is 2.87. The van der Waals surface area contributed by atoms with Crippen molar-refractivity contribution in [3.8, 4) is 0 Å². The molecule has 3 aliphatic rings. The third-order valence-corrected chi connectivity index (χ3v) is 9.76. The highest BCUT2D eigenvalue weighted by molar-refractivity contribution is 8.00. The molecular weight excluding hydrogens is 510 g/mol. The third-order valence-electron chi connectivity index (χ3n) is 7.16. The molecule has 0 N–H and O–H groups in total. The topological polar surface area (TPSA) is 88.9 Å². The number of hydrogen-bond acceptors (Lipinski definition) is 7. The van der Waals surface area contributed by atoms with Crippen LogP contribution in [0.3, 0.4) is 0 Å². The van der Waals surface area contributed by atoms with E-state index in [1.807, 2.05) is 49.4 Å². The van der Waals surface area contributed by atoms with Gasteiger partial charge in [0.1, 0.15) is 11.8 Å². The van der Waals surface area contributed by atoms with E-state index < -0.39 is 17.1 Å². The van der Waals surface area contributed by atoms with E-state index >= 15 is 0 Å². The molecule has 1 aromatic heterocycles. The van der Waals surface area contributed by atoms with Crippen LogP contribution in [0.15, 0.2) is 64.4 Å². The smallest absolute Gasteiger partial charge is 0.308 e. The number of aromatic nitrogens is 1. The van der Waals surface area contributed by atoms with Gasteiger partial charge in [-0.15, -0.1) is 0 Å². The largest absolute Gasteiger partial charge is 0.378 e. The van der Waals surface area contributed by atoms with Gasteiger partial charge in [0.2, 0.25) is 17.7 Å². The van der Waals surface area contributed by atoms with Crippen LogP contribution in [-0.2, 0) is 25.7 Å². The molecule has 10 heteroatoms. The van der Waals surface area contributed by atoms with Gasteiger partial charge >= 0.3 is 4.87 Å². The molecular formula is C27H25N3O5S2. The predicted molar refractivity (Wildman–Crippen MR) is 141 cm³/mol. The van der Waals surface area contributed by atoms with E-state index in [-0.39, 0.29) is 29.1 Å². The summed E-state index contributed by atoms with van der Waals surface area (Å²) in [5, 5.41) is -0.0798. The molecule has 0 bridgehead atoms. The number of benzene rings is 2. The lowest BCUT2D eigenvalue weighted by Crippen LogP contribution is -2.43. The van der Waals surface area contributed by atoms with Crippen LogP contribution >= 0.6 is 23.1 Å². The first-order valence-electron chi connectivity index (χ1n) is 12.2. The second-order valence-electron chi connectivity index (χ2n) is 9.42. The van der Waals surface area contributed by atoms with Crippen LogP contribution in [0, 0.1) is 12.8 Å². The van der Waals surface area contributed by atoms with Crippen LogP contribution in [0.1, 0.15) is 21.9 Å². The molecule has 8 nitrogen and oxygen atoms in total. The van der Waals surface area contributed by atoms with Crippen LogP contribution in [0.2, 0.25) is 0 Å². The van der Waals surface area contributed by atoms with Gasteiger partial charge in [0.15, 0.2) is 0 Å². The normalized spacial score (nSPS) is 23.2. The van der Waals surface area contributed by atoms with Gasteiger partial charge < -0.3 is 9.64 Å². The van der Waals surface area contributed by atoms with Crippen molar-refractivity contribution in [2.45, 2.75) is 29.7 Å². The Bertz CT molecular complexity index is 1430. The average Bonchev–Trinajstić information content (AvgIpc) is 3.36. The SMILES string of the molecule is Cc1ccc(N2C(=O)C3Sc4c(sc(=O)n4CC(=O)N4CCOCC4)C(c4ccccc4)C3C2=O)cc1. The molecule has 190 valence electrons. The van der Waals surface area contributed by atoms with Crippen LogP contribution in [0.4, 0.5) is 5.69 Å². The first-order valence-corrected chi connectivity index (χ1v) is 13.9. The van der Waals surface area contributed by atoms with Gasteiger partial charge in [-0.05, 0) is 24.6 Å². The third kappa shape index (κ3) is 4.13. The number of carbonyl (C=O) groups is 3. The highest BCUT2D eigenvalue weighted by atomic mass is 32.2. The molecule has 37 heavy (non-hydrogen) atoms. The van der Waals surface area contributed by atoms with Crippen molar-refractivity contribution in [2.24, 2.45) is 5.92 Å². The molecule has 0 spiro atoms. The molecule has 0 aliphatic carbocycles. The maximum Gasteiger partial charge on any atom is 0.308 e. The van der Waals surface area contributed by atoms with E-state index in [0.29, 0.717) is 37.0 Å². The number of anilines is 1. The quantitative estimate of drug-likeness (QED) is 0.478. The summed E-state index contributed by atoms with van der Waals surface area (Å²) in [7, 11) is 0. The molecule has 0 saturated carbocycles. The summed E-state index contributed by atoms with van der Waals surface area (Å²) < 4.78 is 6.83. The van der Waals surface area contributed by atoms with Gasteiger partial charge in [-0.25, -0.2) is 4.90 Å². The Morgan fingerprint density at radius 3 is 2.38 bits per heavy atom. The highest BCUT2D eigenvalue weighted by Gasteiger charge is 2.56. The van der Waals surface area contributed by atoms with Crippen molar-refractivity contribution in [1.82, 2.24) is 9.47 Å². The van der Waals surface area contributed by atoms with Gasteiger partial charge in [0.25, 0.3) is 0 Å². The minimum absolute atomic E-state index is 0.0968. The number of nitrogens with zero attached hydrogens (tertiary/aromatic N) is 3. The summed E-state index contributed by atoms with van der Waals surface area (Å²) in [4.78, 5) is 57.3. The minimum Gasteiger partial charge on any atom is -0.378 e. The van der Waals surface area contributed by atoms with Gasteiger partial charge in [-0.1, -0.05) is 71.1 Å². The standard InChI is InChI=1S/C27H25N3O5S2/c1-16-7-9-18(10-8-16)30-24(32)21-20(17-5-3-2-4-6-17)23-26(36-22(21)25(30)33)29(27(34)37-23)15-19(31)28-11-13-35-14-12-28/h2-10,20-22H,11-15H2,1H3. The molecule has 2 fully saturated rings. The zero-order chi connectivity index (χ0) is 25.7. The number of fused-ring (bicyclic) bond motifs is 2. The molecule has 4 heterocycles. The van der Waals surface area contributed by atoms with Crippen molar-refractivity contribution < 1.29 is 19.1 Å². The summed E-state index contributed by atoms with van der Waals surface area (Å²) in [6.45, 7) is 3.78. The summed E-state index contributed by atoms with van der Waals surface area (Å²) in [5.74, 6) is -1.80. The number of amides is 3. The van der Waals surface area contributed by atoms with Crippen LogP contribution in [-0.4, -0.2) is 58.7 Å². The van der Waals surface area contributed by atoms with Crippen molar-refractivity contribution >= 4 is 46.5 Å². The van der Waals surface area contributed by atoms with Gasteiger partial charge in [0.05, 0.1) is 29.8 Å². The van der Waals surface area contributed by atoms with E-state index in [0.717, 1.165) is 27.3 Å². The number of imide groups is 1. The number of ether oxygens (including phenoxy) is 1. The molecule has 3 unspecified atom stereocenters. The summed E-state index contributed by atoms with van der Waals surface area (Å²) in [6.07, 6.45) is 0. The van der Waals surface area contributed by atoms with Crippen molar-refractivity contribution in [2.75, 3.05) is 31.2 Å². The molecule has 3 amide bonds. The second kappa shape index (κ2) is 9.59. The lowest BCUT2D eigenvalue weighted by Gasteiger charge is -2.31. The molecule has 3 atom stereocenters. The van der Waals surface area contributed by atoms with Crippen molar-refractivity contribution in [3.63, 3.8) is 0 Å². The minimum atomic E-state index is -0.690. The second-order valence-corrected chi connectivity index (χ2v) is 11.5. The lowest BCUT2D eigenvalue weighted by molar-refractivity contribution is -0.136. The van der Waals surface area contributed by atoms with Crippen molar-refractivity contribution in [1.29, 1.82) is 0 Å². The fourth-order valence-corrected chi connectivity index (χ4v) is 8.04.